The maximum atomic E-state index is 12.2. The summed E-state index contributed by atoms with van der Waals surface area (Å²) in [6.45, 7) is 2.01. The SMILES string of the molecule is Cc1ccc2oc(C(=O)Cc3cncc(Br)c3)cc2c1. The van der Waals surface area contributed by atoms with E-state index >= 15 is 0 Å². The fourth-order valence-corrected chi connectivity index (χ4v) is 2.54. The van der Waals surface area contributed by atoms with Crippen molar-refractivity contribution in [2.45, 2.75) is 13.3 Å². The number of carbonyl (C=O) groups excluding carboxylic acids is 1. The molecule has 0 unspecified atom stereocenters. The Bertz CT molecular complexity index is 792. The Kier molecular flexibility index (Phi) is 3.40. The smallest absolute Gasteiger partial charge is 0.202 e. The van der Waals surface area contributed by atoms with E-state index in [1.54, 1.807) is 18.5 Å². The van der Waals surface area contributed by atoms with Crippen LogP contribution in [0.25, 0.3) is 11.0 Å². The molecule has 0 spiro atoms. The van der Waals surface area contributed by atoms with Gasteiger partial charge in [-0.2, -0.15) is 0 Å². The van der Waals surface area contributed by atoms with Gasteiger partial charge in [0.05, 0.1) is 0 Å². The van der Waals surface area contributed by atoms with Gasteiger partial charge in [0.2, 0.25) is 5.78 Å². The Morgan fingerprint density at radius 1 is 1.25 bits per heavy atom. The van der Waals surface area contributed by atoms with Crippen molar-refractivity contribution in [1.29, 1.82) is 0 Å². The number of benzene rings is 1. The molecule has 2 aromatic heterocycles. The van der Waals surface area contributed by atoms with Crippen LogP contribution in [-0.4, -0.2) is 10.8 Å². The molecule has 0 radical (unpaired) electrons. The van der Waals surface area contributed by atoms with Crippen LogP contribution in [0, 0.1) is 6.92 Å². The van der Waals surface area contributed by atoms with E-state index in [2.05, 4.69) is 20.9 Å². The monoisotopic (exact) mass is 329 g/mol. The second-order valence-electron chi connectivity index (χ2n) is 4.76. The predicted octanol–water partition coefficient (Wildman–Crippen LogP) is 4.32. The molecule has 0 N–H and O–H groups in total. The molecule has 100 valence electrons. The maximum absolute atomic E-state index is 12.2. The second-order valence-corrected chi connectivity index (χ2v) is 5.68. The highest BCUT2D eigenvalue weighted by Gasteiger charge is 2.13. The van der Waals surface area contributed by atoms with Crippen molar-refractivity contribution in [1.82, 2.24) is 4.98 Å². The molecule has 0 atom stereocenters. The first-order valence-electron chi connectivity index (χ1n) is 6.24. The molecular weight excluding hydrogens is 318 g/mol. The lowest BCUT2D eigenvalue weighted by Crippen LogP contribution is -2.02. The van der Waals surface area contributed by atoms with Crippen molar-refractivity contribution in [2.24, 2.45) is 0 Å². The molecule has 0 aliphatic rings. The van der Waals surface area contributed by atoms with Gasteiger partial charge < -0.3 is 4.42 Å². The fourth-order valence-electron chi connectivity index (χ4n) is 2.13. The van der Waals surface area contributed by atoms with E-state index in [1.165, 1.54) is 0 Å². The molecule has 4 heteroatoms. The van der Waals surface area contributed by atoms with E-state index in [9.17, 15) is 4.79 Å². The van der Waals surface area contributed by atoms with Crippen LogP contribution >= 0.6 is 15.9 Å². The van der Waals surface area contributed by atoms with Crippen LogP contribution in [0.5, 0.6) is 0 Å². The molecule has 20 heavy (non-hydrogen) atoms. The van der Waals surface area contributed by atoms with Crippen molar-refractivity contribution in [3.8, 4) is 0 Å². The Hall–Kier alpha value is -1.94. The van der Waals surface area contributed by atoms with Crippen LogP contribution < -0.4 is 0 Å². The summed E-state index contributed by atoms with van der Waals surface area (Å²) in [4.78, 5) is 16.3. The molecule has 3 rings (SSSR count). The highest BCUT2D eigenvalue weighted by Crippen LogP contribution is 2.22. The van der Waals surface area contributed by atoms with E-state index in [-0.39, 0.29) is 12.2 Å². The van der Waals surface area contributed by atoms with Crippen molar-refractivity contribution in [2.75, 3.05) is 0 Å². The number of hydrogen-bond acceptors (Lipinski definition) is 3. The summed E-state index contributed by atoms with van der Waals surface area (Å²) in [7, 11) is 0. The number of aromatic nitrogens is 1. The van der Waals surface area contributed by atoms with Crippen LogP contribution in [0.3, 0.4) is 0 Å². The van der Waals surface area contributed by atoms with Gasteiger partial charge in [-0.15, -0.1) is 0 Å². The van der Waals surface area contributed by atoms with Gasteiger partial charge in [-0.25, -0.2) is 0 Å². The zero-order valence-corrected chi connectivity index (χ0v) is 12.5. The molecule has 2 heterocycles. The quantitative estimate of drug-likeness (QED) is 0.672. The van der Waals surface area contributed by atoms with Gasteiger partial charge in [-0.3, -0.25) is 9.78 Å². The fraction of sp³-hybridized carbons (Fsp3) is 0.125. The summed E-state index contributed by atoms with van der Waals surface area (Å²) in [6, 6.07) is 9.56. The number of fused-ring (bicyclic) bond motifs is 1. The molecule has 0 aliphatic heterocycles. The minimum Gasteiger partial charge on any atom is -0.453 e. The standard InChI is InChI=1S/C16H12BrNO2/c1-10-2-3-15-12(4-10)7-16(20-15)14(19)6-11-5-13(17)9-18-8-11/h2-5,7-9H,6H2,1H3. The molecule has 0 amide bonds. The number of carbonyl (C=O) groups is 1. The number of hydrogen-bond donors (Lipinski definition) is 0. The average Bonchev–Trinajstić information content (AvgIpc) is 2.81. The summed E-state index contributed by atoms with van der Waals surface area (Å²) in [5, 5.41) is 0.959. The van der Waals surface area contributed by atoms with Gasteiger partial charge in [0.25, 0.3) is 0 Å². The summed E-state index contributed by atoms with van der Waals surface area (Å²) in [5.74, 6) is 0.351. The largest absolute Gasteiger partial charge is 0.453 e. The number of ketones is 1. The number of pyridine rings is 1. The van der Waals surface area contributed by atoms with Gasteiger partial charge in [0.15, 0.2) is 5.76 Å². The number of halogens is 1. The van der Waals surface area contributed by atoms with Crippen molar-refractivity contribution in [3.63, 3.8) is 0 Å². The molecule has 3 nitrogen and oxygen atoms in total. The van der Waals surface area contributed by atoms with Crippen molar-refractivity contribution >= 4 is 32.7 Å². The first-order chi connectivity index (χ1) is 9.61. The zero-order valence-electron chi connectivity index (χ0n) is 10.9. The third-order valence-corrected chi connectivity index (χ3v) is 3.51. The molecule has 0 bridgehead atoms. The first-order valence-corrected chi connectivity index (χ1v) is 7.04. The molecule has 3 aromatic rings. The summed E-state index contributed by atoms with van der Waals surface area (Å²) in [6.07, 6.45) is 3.67. The summed E-state index contributed by atoms with van der Waals surface area (Å²) < 4.78 is 6.47. The highest BCUT2D eigenvalue weighted by molar-refractivity contribution is 9.10. The van der Waals surface area contributed by atoms with E-state index in [0.29, 0.717) is 5.76 Å². The highest BCUT2D eigenvalue weighted by atomic mass is 79.9. The number of Topliss-reactive ketones (excluding diaryl/α,β-unsaturated/α-hetero) is 1. The van der Waals surface area contributed by atoms with Gasteiger partial charge >= 0.3 is 0 Å². The number of aryl methyl sites for hydroxylation is 1. The van der Waals surface area contributed by atoms with E-state index < -0.39 is 0 Å². The lowest BCUT2D eigenvalue weighted by Gasteiger charge is -1.98. The van der Waals surface area contributed by atoms with Crippen molar-refractivity contribution in [3.05, 3.63) is 64.1 Å². The van der Waals surface area contributed by atoms with Gasteiger partial charge in [0, 0.05) is 28.7 Å². The van der Waals surface area contributed by atoms with Crippen LogP contribution in [0.2, 0.25) is 0 Å². The van der Waals surface area contributed by atoms with Crippen LogP contribution in [0.15, 0.2) is 51.6 Å². The van der Waals surface area contributed by atoms with Crippen LogP contribution in [-0.2, 0) is 6.42 Å². The van der Waals surface area contributed by atoms with Gasteiger partial charge in [-0.1, -0.05) is 11.6 Å². The minimum absolute atomic E-state index is 0.0428. The summed E-state index contributed by atoms with van der Waals surface area (Å²) >= 11 is 3.35. The van der Waals surface area contributed by atoms with Crippen LogP contribution in [0.4, 0.5) is 0 Å². The zero-order chi connectivity index (χ0) is 14.1. The molecule has 0 fully saturated rings. The Morgan fingerprint density at radius 2 is 2.10 bits per heavy atom. The molecule has 1 aromatic carbocycles. The predicted molar refractivity (Wildman–Crippen MR) is 80.9 cm³/mol. The lowest BCUT2D eigenvalue weighted by atomic mass is 10.1. The maximum Gasteiger partial charge on any atom is 0.202 e. The van der Waals surface area contributed by atoms with Gasteiger partial charge in [-0.05, 0) is 52.7 Å². The second kappa shape index (κ2) is 5.21. The summed E-state index contributed by atoms with van der Waals surface area (Å²) in [5.41, 5.74) is 2.75. The minimum atomic E-state index is -0.0428. The molecule has 0 aliphatic carbocycles. The lowest BCUT2D eigenvalue weighted by molar-refractivity contribution is 0.0968. The Balaban J connectivity index is 1.88. The average molecular weight is 330 g/mol. The Labute approximate surface area is 124 Å². The van der Waals surface area contributed by atoms with Crippen LogP contribution in [0.1, 0.15) is 21.7 Å². The molecular formula is C16H12BrNO2. The number of nitrogens with zero attached hydrogens (tertiary/aromatic N) is 1. The molecule has 0 saturated carbocycles. The van der Waals surface area contributed by atoms with E-state index in [4.69, 9.17) is 4.42 Å². The number of rotatable bonds is 3. The third kappa shape index (κ3) is 2.65. The third-order valence-electron chi connectivity index (χ3n) is 3.07. The number of furan rings is 1. The Morgan fingerprint density at radius 3 is 2.90 bits per heavy atom. The van der Waals surface area contributed by atoms with E-state index in [0.717, 1.165) is 26.6 Å². The van der Waals surface area contributed by atoms with Crippen molar-refractivity contribution < 1.29 is 9.21 Å². The molecule has 0 saturated heterocycles. The normalized spacial score (nSPS) is 10.9. The van der Waals surface area contributed by atoms with E-state index in [1.807, 2.05) is 31.2 Å². The topological polar surface area (TPSA) is 43.1 Å². The first kappa shape index (κ1) is 13.1. The van der Waals surface area contributed by atoms with Gasteiger partial charge in [0.1, 0.15) is 5.58 Å².